The van der Waals surface area contributed by atoms with Crippen LogP contribution in [-0.2, 0) is 33.5 Å². The van der Waals surface area contributed by atoms with Gasteiger partial charge in [0.15, 0.2) is 15.7 Å². The average Bonchev–Trinajstić information content (AvgIpc) is 3.04. The van der Waals surface area contributed by atoms with E-state index in [1.807, 2.05) is 6.92 Å². The van der Waals surface area contributed by atoms with E-state index in [1.165, 1.54) is 35.9 Å². The number of tetrazole rings is 1. The largest absolute Gasteiger partial charge is 0.351 e. The van der Waals surface area contributed by atoms with Gasteiger partial charge in [0, 0.05) is 13.1 Å². The molecule has 1 amide bonds. The van der Waals surface area contributed by atoms with Crippen molar-refractivity contribution >= 4 is 15.7 Å². The summed E-state index contributed by atoms with van der Waals surface area (Å²) in [5, 5.41) is 12.4. The number of unbranched alkanes of at least 4 members (excludes halogenated alkanes) is 1. The second-order valence-corrected chi connectivity index (χ2v) is 8.29. The summed E-state index contributed by atoms with van der Waals surface area (Å²) in [7, 11) is -3.78. The maximum Gasteiger partial charge on any atom is 0.238 e. The number of rotatable bonds is 9. The molecule has 0 saturated heterocycles. The first-order chi connectivity index (χ1) is 12.3. The van der Waals surface area contributed by atoms with Crippen molar-refractivity contribution in [3.63, 3.8) is 0 Å². The summed E-state index contributed by atoms with van der Waals surface area (Å²) in [6.07, 6.45) is 1.75. The minimum absolute atomic E-state index is 0.118. The van der Waals surface area contributed by atoms with Crippen LogP contribution >= 0.6 is 0 Å². The Morgan fingerprint density at radius 2 is 2.00 bits per heavy atom. The molecular weight excluding hydrogens is 361 g/mol. The smallest absolute Gasteiger partial charge is 0.238 e. The number of carbonyl (C=O) groups excluding carboxylic acids is 1. The van der Waals surface area contributed by atoms with Crippen LogP contribution in [0.25, 0.3) is 0 Å². The average molecular weight is 383 g/mol. The van der Waals surface area contributed by atoms with Gasteiger partial charge in [0.05, 0.1) is 0 Å². The molecule has 1 N–H and O–H groups in total. The summed E-state index contributed by atoms with van der Waals surface area (Å²) in [6, 6.07) is 5.60. The second-order valence-electron chi connectivity index (χ2n) is 5.97. The van der Waals surface area contributed by atoms with E-state index < -0.39 is 26.7 Å². The number of hydrogen-bond donors (Lipinski definition) is 1. The monoisotopic (exact) mass is 383 g/mol. The summed E-state index contributed by atoms with van der Waals surface area (Å²) < 4.78 is 39.3. The van der Waals surface area contributed by atoms with Gasteiger partial charge in [-0.2, -0.15) is 0 Å². The molecule has 2 rings (SSSR count). The molecule has 2 aromatic rings. The molecule has 8 nitrogen and oxygen atoms in total. The van der Waals surface area contributed by atoms with E-state index in [-0.39, 0.29) is 18.2 Å². The van der Waals surface area contributed by atoms with Crippen LogP contribution in [0.4, 0.5) is 4.39 Å². The Morgan fingerprint density at radius 3 is 2.65 bits per heavy atom. The first kappa shape index (κ1) is 20.0. The van der Waals surface area contributed by atoms with Crippen molar-refractivity contribution in [2.24, 2.45) is 0 Å². The van der Waals surface area contributed by atoms with Crippen molar-refractivity contribution in [1.29, 1.82) is 0 Å². The number of sulfone groups is 1. The second kappa shape index (κ2) is 8.84. The Kier molecular flexibility index (Phi) is 6.78. The van der Waals surface area contributed by atoms with Gasteiger partial charge in [0.25, 0.3) is 0 Å². The summed E-state index contributed by atoms with van der Waals surface area (Å²) in [5.41, 5.74) is 0.674. The lowest BCUT2D eigenvalue weighted by Gasteiger charge is -2.13. The van der Waals surface area contributed by atoms with E-state index in [4.69, 9.17) is 0 Å². The van der Waals surface area contributed by atoms with Gasteiger partial charge < -0.3 is 5.32 Å². The Morgan fingerprint density at radius 1 is 1.31 bits per heavy atom. The molecule has 1 heterocycles. The molecule has 0 fully saturated rings. The minimum atomic E-state index is -3.78. The normalized spacial score (nSPS) is 12.7. The lowest BCUT2D eigenvalue weighted by Crippen LogP contribution is -2.38. The summed E-state index contributed by atoms with van der Waals surface area (Å²) in [4.78, 5) is 12.2. The molecule has 0 aliphatic rings. The fraction of sp³-hybridized carbons (Fsp3) is 0.500. The van der Waals surface area contributed by atoms with Gasteiger partial charge in [-0.1, -0.05) is 25.5 Å². The van der Waals surface area contributed by atoms with E-state index in [0.717, 1.165) is 12.8 Å². The maximum absolute atomic E-state index is 12.9. The molecule has 0 spiro atoms. The lowest BCUT2D eigenvalue weighted by molar-refractivity contribution is -0.120. The maximum atomic E-state index is 12.9. The molecule has 1 atom stereocenters. The van der Waals surface area contributed by atoms with Crippen LogP contribution in [0.2, 0.25) is 0 Å². The van der Waals surface area contributed by atoms with Gasteiger partial charge in [-0.05, 0) is 41.5 Å². The van der Waals surface area contributed by atoms with Crippen LogP contribution in [0.1, 0.15) is 38.1 Å². The van der Waals surface area contributed by atoms with Gasteiger partial charge in [0.2, 0.25) is 5.91 Å². The van der Waals surface area contributed by atoms with Crippen molar-refractivity contribution in [2.75, 3.05) is 0 Å². The molecule has 0 aliphatic heterocycles. The third-order valence-corrected chi connectivity index (χ3v) is 5.90. The zero-order chi connectivity index (χ0) is 19.2. The fourth-order valence-corrected chi connectivity index (χ4v) is 3.44. The van der Waals surface area contributed by atoms with Crippen LogP contribution in [0.15, 0.2) is 24.3 Å². The number of aromatic nitrogens is 4. The molecule has 1 aromatic heterocycles. The molecule has 1 unspecified atom stereocenters. The van der Waals surface area contributed by atoms with Crippen LogP contribution < -0.4 is 5.32 Å². The van der Waals surface area contributed by atoms with E-state index >= 15 is 0 Å². The highest BCUT2D eigenvalue weighted by Crippen LogP contribution is 2.10. The van der Waals surface area contributed by atoms with E-state index in [9.17, 15) is 17.6 Å². The molecular formula is C16H22FN5O3S. The fourth-order valence-electron chi connectivity index (χ4n) is 2.21. The number of nitrogens with one attached hydrogen (secondary N) is 1. The van der Waals surface area contributed by atoms with Crippen molar-refractivity contribution in [3.8, 4) is 0 Å². The molecule has 26 heavy (non-hydrogen) atoms. The number of amides is 1. The molecule has 0 aliphatic carbocycles. The topological polar surface area (TPSA) is 107 Å². The molecule has 1 aromatic carbocycles. The highest BCUT2D eigenvalue weighted by molar-refractivity contribution is 7.92. The zero-order valence-corrected chi connectivity index (χ0v) is 15.5. The quantitative estimate of drug-likeness (QED) is 0.698. The number of nitrogens with zero attached hydrogens (tertiary/aromatic N) is 4. The van der Waals surface area contributed by atoms with E-state index in [2.05, 4.69) is 20.8 Å². The molecule has 0 radical (unpaired) electrons. The number of benzene rings is 1. The summed E-state index contributed by atoms with van der Waals surface area (Å²) in [6.45, 7) is 3.98. The Bertz CT molecular complexity index is 836. The highest BCUT2D eigenvalue weighted by Gasteiger charge is 2.30. The van der Waals surface area contributed by atoms with E-state index in [1.54, 1.807) is 0 Å². The van der Waals surface area contributed by atoms with Gasteiger partial charge in [-0.25, -0.2) is 17.5 Å². The number of carbonyl (C=O) groups is 1. The molecule has 142 valence electrons. The summed E-state index contributed by atoms with van der Waals surface area (Å²) >= 11 is 0. The number of hydrogen-bond acceptors (Lipinski definition) is 6. The van der Waals surface area contributed by atoms with Crippen molar-refractivity contribution in [1.82, 2.24) is 25.5 Å². The van der Waals surface area contributed by atoms with Crippen molar-refractivity contribution in [3.05, 3.63) is 41.5 Å². The number of aryl methyl sites for hydroxylation is 1. The SMILES string of the molecule is CCCCn1nnnc1CS(=O)(=O)C(C)C(=O)NCc1ccc(F)cc1. The summed E-state index contributed by atoms with van der Waals surface area (Å²) in [5.74, 6) is -1.19. The Balaban J connectivity index is 1.97. The van der Waals surface area contributed by atoms with Gasteiger partial charge >= 0.3 is 0 Å². The van der Waals surface area contributed by atoms with Crippen molar-refractivity contribution in [2.45, 2.75) is 50.8 Å². The first-order valence-electron chi connectivity index (χ1n) is 8.32. The predicted octanol–water partition coefficient (Wildman–Crippen LogP) is 1.23. The first-order valence-corrected chi connectivity index (χ1v) is 10.0. The highest BCUT2D eigenvalue weighted by atomic mass is 32.2. The van der Waals surface area contributed by atoms with Crippen LogP contribution in [0.3, 0.4) is 0 Å². The Hall–Kier alpha value is -2.36. The minimum Gasteiger partial charge on any atom is -0.351 e. The lowest BCUT2D eigenvalue weighted by atomic mass is 10.2. The zero-order valence-electron chi connectivity index (χ0n) is 14.7. The number of halogens is 1. The Labute approximate surface area is 151 Å². The van der Waals surface area contributed by atoms with E-state index in [0.29, 0.717) is 12.1 Å². The van der Waals surface area contributed by atoms with Crippen LogP contribution in [-0.4, -0.2) is 39.8 Å². The third-order valence-electron chi connectivity index (χ3n) is 3.95. The van der Waals surface area contributed by atoms with Crippen molar-refractivity contribution < 1.29 is 17.6 Å². The third kappa shape index (κ3) is 5.32. The predicted molar refractivity (Wildman–Crippen MR) is 93.1 cm³/mol. The van der Waals surface area contributed by atoms with Crippen LogP contribution in [0.5, 0.6) is 0 Å². The standard InChI is InChI=1S/C16H22FN5O3S/c1-3-4-9-22-15(19-20-21-22)11-26(24,25)12(2)16(23)18-10-13-5-7-14(17)8-6-13/h5-8,12H,3-4,9-11H2,1-2H3,(H,18,23). The van der Waals surface area contributed by atoms with Crippen LogP contribution in [0, 0.1) is 5.82 Å². The molecule has 10 heteroatoms. The van der Waals surface area contributed by atoms with Gasteiger partial charge in [-0.3, -0.25) is 4.79 Å². The van der Waals surface area contributed by atoms with Gasteiger partial charge in [0.1, 0.15) is 16.8 Å². The van der Waals surface area contributed by atoms with Gasteiger partial charge in [-0.15, -0.1) is 5.10 Å². The molecule has 0 bridgehead atoms. The molecule has 0 saturated carbocycles.